The molecule has 0 aromatic heterocycles. The molecule has 0 amide bonds. The second kappa shape index (κ2) is 10.6. The quantitative estimate of drug-likeness (QED) is 0.212. The fourth-order valence-corrected chi connectivity index (χ4v) is 8.51. The summed E-state index contributed by atoms with van der Waals surface area (Å²) in [7, 11) is 4.41. The van der Waals surface area contributed by atoms with Crippen LogP contribution >= 0.6 is 11.6 Å². The summed E-state index contributed by atoms with van der Waals surface area (Å²) in [4.78, 5) is 2.36. The largest absolute Gasteiger partial charge is 0.347 e. The van der Waals surface area contributed by atoms with Gasteiger partial charge in [0, 0.05) is 46.9 Å². The number of nitrogens with zero attached hydrogens (tertiary/aromatic N) is 2. The van der Waals surface area contributed by atoms with E-state index in [1.54, 1.807) is 0 Å². The first kappa shape index (κ1) is 28.9. The molecule has 0 radical (unpaired) electrons. The molecule has 2 heterocycles. The topological polar surface area (TPSA) is 6.25 Å². The Morgan fingerprint density at radius 3 is 2.18 bits per heavy atom. The summed E-state index contributed by atoms with van der Waals surface area (Å²) in [5.41, 5.74) is 10.5. The molecule has 0 saturated heterocycles. The normalized spacial score (nSPS) is 21.0. The minimum absolute atomic E-state index is 0.0414. The summed E-state index contributed by atoms with van der Waals surface area (Å²) in [6.45, 7) is 9.43. The number of benzene rings is 4. The number of anilines is 1. The average Bonchev–Trinajstić information content (AvgIpc) is 3.34. The van der Waals surface area contributed by atoms with Crippen LogP contribution in [0.1, 0.15) is 64.5 Å². The number of halogens is 1. The Labute approximate surface area is 267 Å². The van der Waals surface area contributed by atoms with E-state index in [4.69, 9.17) is 11.6 Å². The minimum atomic E-state index is -0.101. The smallest absolute Gasteiger partial charge is 0.209 e. The van der Waals surface area contributed by atoms with Gasteiger partial charge in [-0.05, 0) is 89.6 Å². The highest BCUT2D eigenvalue weighted by atomic mass is 35.5. The lowest BCUT2D eigenvalue weighted by Gasteiger charge is -2.24. The SMILES string of the molecule is CN1C(=CC=C2CCCC(C=CCC3=[N+](C)c4ccc5ccccc5c4C3(C)C)=C2Cl)C(C)(C)c2c1ccc1ccccc21. The molecule has 0 unspecified atom stereocenters. The lowest BCUT2D eigenvalue weighted by atomic mass is 9.78. The van der Waals surface area contributed by atoms with Gasteiger partial charge in [0.25, 0.3) is 0 Å². The molecular formula is C41H42ClN2+. The molecule has 44 heavy (non-hydrogen) atoms. The van der Waals surface area contributed by atoms with Gasteiger partial charge >= 0.3 is 0 Å². The Morgan fingerprint density at radius 2 is 1.45 bits per heavy atom. The van der Waals surface area contributed by atoms with Crippen molar-refractivity contribution >= 4 is 50.2 Å². The molecule has 2 nitrogen and oxygen atoms in total. The third kappa shape index (κ3) is 4.41. The van der Waals surface area contributed by atoms with Crippen molar-refractivity contribution in [2.45, 2.75) is 64.2 Å². The van der Waals surface area contributed by atoms with E-state index in [2.05, 4.69) is 148 Å². The van der Waals surface area contributed by atoms with Crippen molar-refractivity contribution in [1.29, 1.82) is 0 Å². The van der Waals surface area contributed by atoms with Crippen LogP contribution in [-0.4, -0.2) is 24.4 Å². The van der Waals surface area contributed by atoms with E-state index < -0.39 is 0 Å². The third-order valence-corrected chi connectivity index (χ3v) is 10.9. The molecule has 3 heteroatoms. The molecular weight excluding hydrogens is 556 g/mol. The van der Waals surface area contributed by atoms with Crippen LogP contribution < -0.4 is 4.90 Å². The first-order valence-corrected chi connectivity index (χ1v) is 16.3. The van der Waals surface area contributed by atoms with Crippen molar-refractivity contribution in [1.82, 2.24) is 0 Å². The molecule has 4 aromatic carbocycles. The Kier molecular flexibility index (Phi) is 6.98. The van der Waals surface area contributed by atoms with Gasteiger partial charge in [0.1, 0.15) is 7.05 Å². The molecule has 2 aliphatic heterocycles. The first-order valence-electron chi connectivity index (χ1n) is 16.0. The van der Waals surface area contributed by atoms with Gasteiger partial charge in [-0.3, -0.25) is 0 Å². The number of fused-ring (bicyclic) bond motifs is 6. The second-order valence-electron chi connectivity index (χ2n) is 13.7. The second-order valence-corrected chi connectivity index (χ2v) is 14.1. The fourth-order valence-electron chi connectivity index (χ4n) is 8.19. The molecule has 222 valence electrons. The van der Waals surface area contributed by atoms with Crippen molar-refractivity contribution in [3.8, 4) is 0 Å². The van der Waals surface area contributed by atoms with E-state index in [0.29, 0.717) is 0 Å². The average molecular weight is 598 g/mol. The highest BCUT2D eigenvalue weighted by molar-refractivity contribution is 6.32. The van der Waals surface area contributed by atoms with Gasteiger partial charge in [-0.2, -0.15) is 0 Å². The maximum Gasteiger partial charge on any atom is 0.209 e. The van der Waals surface area contributed by atoms with E-state index in [1.165, 1.54) is 66.6 Å². The van der Waals surface area contributed by atoms with Gasteiger partial charge < -0.3 is 4.90 Å². The predicted molar refractivity (Wildman–Crippen MR) is 190 cm³/mol. The monoisotopic (exact) mass is 597 g/mol. The van der Waals surface area contributed by atoms with Gasteiger partial charge in [-0.15, -0.1) is 0 Å². The fraction of sp³-hybridized carbons (Fsp3) is 0.293. The molecule has 4 aromatic rings. The summed E-state index contributed by atoms with van der Waals surface area (Å²) in [5.74, 6) is 0. The summed E-state index contributed by atoms with van der Waals surface area (Å²) in [6.07, 6.45) is 13.3. The van der Waals surface area contributed by atoms with Crippen LogP contribution in [-0.2, 0) is 10.8 Å². The maximum absolute atomic E-state index is 7.13. The summed E-state index contributed by atoms with van der Waals surface area (Å²) >= 11 is 7.13. The molecule has 7 rings (SSSR count). The highest BCUT2D eigenvalue weighted by Crippen LogP contribution is 2.50. The molecule has 0 spiro atoms. The van der Waals surface area contributed by atoms with E-state index in [1.807, 2.05) is 0 Å². The zero-order chi connectivity index (χ0) is 30.8. The van der Waals surface area contributed by atoms with Gasteiger partial charge in [0.2, 0.25) is 5.69 Å². The predicted octanol–water partition coefficient (Wildman–Crippen LogP) is 10.9. The molecule has 1 aliphatic carbocycles. The van der Waals surface area contributed by atoms with Crippen LogP contribution in [0, 0.1) is 0 Å². The maximum atomic E-state index is 7.13. The van der Waals surface area contributed by atoms with Gasteiger partial charge in [0.05, 0.1) is 5.41 Å². The zero-order valence-corrected chi connectivity index (χ0v) is 27.6. The van der Waals surface area contributed by atoms with E-state index >= 15 is 0 Å². The molecule has 0 fully saturated rings. The molecule has 0 saturated carbocycles. The van der Waals surface area contributed by atoms with Crippen LogP contribution in [0.15, 0.2) is 119 Å². The van der Waals surface area contributed by atoms with Crippen molar-refractivity contribution in [2.24, 2.45) is 0 Å². The number of hydrogen-bond acceptors (Lipinski definition) is 1. The number of likely N-dealkylation sites (N-methyl/N-ethyl adjacent to an activating group) is 1. The molecule has 0 atom stereocenters. The van der Waals surface area contributed by atoms with E-state index in [-0.39, 0.29) is 10.8 Å². The first-order chi connectivity index (χ1) is 21.1. The zero-order valence-electron chi connectivity index (χ0n) is 26.8. The van der Waals surface area contributed by atoms with Crippen molar-refractivity contribution in [2.75, 3.05) is 19.0 Å². The Morgan fingerprint density at radius 1 is 0.795 bits per heavy atom. The van der Waals surface area contributed by atoms with Gasteiger partial charge in [0.15, 0.2) is 5.71 Å². The van der Waals surface area contributed by atoms with Crippen LogP contribution in [0.5, 0.6) is 0 Å². The summed E-state index contributed by atoms with van der Waals surface area (Å²) in [5, 5.41) is 6.22. The minimum Gasteiger partial charge on any atom is -0.347 e. The Bertz CT molecular complexity index is 2000. The number of allylic oxidation sites excluding steroid dienone is 8. The van der Waals surface area contributed by atoms with E-state index in [9.17, 15) is 0 Å². The number of hydrogen-bond donors (Lipinski definition) is 0. The highest BCUT2D eigenvalue weighted by Gasteiger charge is 2.44. The molecule has 0 bridgehead atoms. The van der Waals surface area contributed by atoms with Crippen molar-refractivity contribution < 1.29 is 4.58 Å². The number of rotatable bonds is 4. The van der Waals surface area contributed by atoms with Crippen molar-refractivity contribution in [3.63, 3.8) is 0 Å². The van der Waals surface area contributed by atoms with Crippen LogP contribution in [0.25, 0.3) is 21.5 Å². The van der Waals surface area contributed by atoms with Crippen LogP contribution in [0.2, 0.25) is 0 Å². The van der Waals surface area contributed by atoms with Crippen LogP contribution in [0.4, 0.5) is 11.4 Å². The summed E-state index contributed by atoms with van der Waals surface area (Å²) in [6, 6.07) is 26.6. The Balaban J connectivity index is 1.16. The lowest BCUT2D eigenvalue weighted by Crippen LogP contribution is -2.28. The Hall–Kier alpha value is -3.88. The molecule has 0 N–H and O–H groups in total. The van der Waals surface area contributed by atoms with Gasteiger partial charge in [-0.25, -0.2) is 4.58 Å². The van der Waals surface area contributed by atoms with Gasteiger partial charge in [-0.1, -0.05) is 98.3 Å². The lowest BCUT2D eigenvalue weighted by molar-refractivity contribution is -0.403. The molecule has 3 aliphatic rings. The van der Waals surface area contributed by atoms with Crippen molar-refractivity contribution in [3.05, 3.63) is 130 Å². The van der Waals surface area contributed by atoms with Crippen LogP contribution in [0.3, 0.4) is 0 Å². The van der Waals surface area contributed by atoms with E-state index in [0.717, 1.165) is 30.7 Å². The standard InChI is InChI=1S/C41H42ClN2/c1-40(2)35(43(5)33-24-21-27-13-7-9-18-31(27)37(33)40)20-12-17-29-15-11-16-30(39(29)42)23-26-36-41(3,4)38-32-19-10-8-14-28(32)22-25-34(38)44(36)6/h7-10,12-14,17-19,21-26H,11,15-16,20H2,1-6H3/q+1. The third-order valence-electron chi connectivity index (χ3n) is 10.4. The summed E-state index contributed by atoms with van der Waals surface area (Å²) < 4.78 is 2.40.